The number of rotatable bonds is 8. The zero-order valence-corrected chi connectivity index (χ0v) is 30.7. The van der Waals surface area contributed by atoms with Gasteiger partial charge < -0.3 is 23.7 Å². The van der Waals surface area contributed by atoms with Crippen LogP contribution in [0.2, 0.25) is 0 Å². The number of imide groups is 2. The summed E-state index contributed by atoms with van der Waals surface area (Å²) in [6, 6.07) is 17.2. The van der Waals surface area contributed by atoms with Crippen molar-refractivity contribution in [1.82, 2.24) is 14.9 Å². The van der Waals surface area contributed by atoms with Crippen molar-refractivity contribution in [3.8, 4) is 0 Å². The number of nitrogens with zero attached hydrogens (tertiary/aromatic N) is 3. The van der Waals surface area contributed by atoms with Crippen molar-refractivity contribution >= 4 is 36.2 Å². The average molecular weight is 700 g/mol. The largest absolute Gasteiger partial charge is 0.459 e. The van der Waals surface area contributed by atoms with E-state index in [-0.39, 0.29) is 18.2 Å². The number of carbonyl (C=O) groups is 6. The number of benzene rings is 2. The lowest BCUT2D eigenvalue weighted by Crippen LogP contribution is -2.66. The van der Waals surface area contributed by atoms with Crippen LogP contribution in [-0.2, 0) is 46.5 Å². The van der Waals surface area contributed by atoms with E-state index in [2.05, 4.69) is 0 Å². The third-order valence-electron chi connectivity index (χ3n) is 6.14. The molecule has 0 saturated heterocycles. The second kappa shape index (κ2) is 16.5. The Bertz CT molecular complexity index is 1480. The Morgan fingerprint density at radius 2 is 0.900 bits per heavy atom. The first-order valence-corrected chi connectivity index (χ1v) is 15.9. The molecule has 0 aliphatic rings. The average Bonchev–Trinajstić information content (AvgIpc) is 2.98. The molecular weight excluding hydrogens is 650 g/mol. The summed E-state index contributed by atoms with van der Waals surface area (Å²) in [4.78, 5) is 82.8. The van der Waals surface area contributed by atoms with Gasteiger partial charge in [0, 0.05) is 0 Å². The van der Waals surface area contributed by atoms with Crippen molar-refractivity contribution in [1.29, 1.82) is 0 Å². The number of hydrogen-bond donors (Lipinski definition) is 0. The molecule has 0 atom stereocenters. The summed E-state index contributed by atoms with van der Waals surface area (Å²) in [5.41, 5.74) is -4.45. The van der Waals surface area contributed by atoms with Crippen molar-refractivity contribution in [2.45, 2.75) is 112 Å². The van der Waals surface area contributed by atoms with Gasteiger partial charge in [-0.05, 0) is 87.3 Å². The number of ether oxygens (including phenoxy) is 5. The number of esters is 1. The van der Waals surface area contributed by atoms with E-state index < -0.39 is 65.1 Å². The molecule has 14 nitrogen and oxygen atoms in total. The maximum atomic E-state index is 14.4. The van der Waals surface area contributed by atoms with E-state index >= 15 is 0 Å². The molecule has 2 rings (SSSR count). The van der Waals surface area contributed by atoms with Gasteiger partial charge in [0.1, 0.15) is 36.6 Å². The van der Waals surface area contributed by atoms with E-state index in [9.17, 15) is 28.8 Å². The Balaban J connectivity index is 2.66. The minimum absolute atomic E-state index is 0.213. The Hall–Kier alpha value is -5.14. The highest BCUT2D eigenvalue weighted by Gasteiger charge is 2.50. The molecule has 0 bridgehead atoms. The Morgan fingerprint density at radius 1 is 0.520 bits per heavy atom. The Morgan fingerprint density at radius 3 is 1.30 bits per heavy atom. The van der Waals surface area contributed by atoms with Gasteiger partial charge in [-0.25, -0.2) is 33.9 Å². The normalized spacial score (nSPS) is 11.8. The molecule has 5 amide bonds. The van der Waals surface area contributed by atoms with Gasteiger partial charge in [0.15, 0.2) is 5.54 Å². The van der Waals surface area contributed by atoms with Crippen LogP contribution in [0.5, 0.6) is 0 Å². The second-order valence-corrected chi connectivity index (χ2v) is 14.7. The van der Waals surface area contributed by atoms with Crippen LogP contribution < -0.4 is 0 Å². The zero-order chi connectivity index (χ0) is 38.1. The maximum absolute atomic E-state index is 14.4. The molecule has 0 heterocycles. The zero-order valence-electron chi connectivity index (χ0n) is 30.7. The van der Waals surface area contributed by atoms with Crippen LogP contribution in [0.4, 0.5) is 19.2 Å². The second-order valence-electron chi connectivity index (χ2n) is 14.7. The molecule has 0 spiro atoms. The van der Waals surface area contributed by atoms with Crippen molar-refractivity contribution < 1.29 is 52.5 Å². The fourth-order valence-corrected chi connectivity index (χ4v) is 4.03. The van der Waals surface area contributed by atoms with Gasteiger partial charge in [0.05, 0.1) is 0 Å². The van der Waals surface area contributed by atoms with E-state index in [1.54, 1.807) is 81.4 Å². The SMILES string of the molecule is CC(C)(C)OC(=O)N(CC(=O)N(N(C(=O)OC(C)(C)C)C(=O)OC(C)(C)C)C(C)(C)C(=O)OCc1ccccc1)C(=O)OCc1ccccc1. The van der Waals surface area contributed by atoms with E-state index in [1.807, 2.05) is 0 Å². The molecule has 0 aliphatic heterocycles. The van der Waals surface area contributed by atoms with E-state index in [0.717, 1.165) is 0 Å². The fourth-order valence-electron chi connectivity index (χ4n) is 4.03. The third kappa shape index (κ3) is 13.1. The predicted molar refractivity (Wildman–Crippen MR) is 181 cm³/mol. The maximum Gasteiger partial charge on any atom is 0.439 e. The van der Waals surface area contributed by atoms with Crippen LogP contribution in [0.3, 0.4) is 0 Å². The first-order valence-electron chi connectivity index (χ1n) is 15.9. The third-order valence-corrected chi connectivity index (χ3v) is 6.14. The van der Waals surface area contributed by atoms with Gasteiger partial charge in [0.25, 0.3) is 5.91 Å². The molecule has 0 radical (unpaired) electrons. The van der Waals surface area contributed by atoms with Gasteiger partial charge in [-0.1, -0.05) is 60.7 Å². The number of hydrogen-bond acceptors (Lipinski definition) is 11. The van der Waals surface area contributed by atoms with Crippen LogP contribution >= 0.6 is 0 Å². The van der Waals surface area contributed by atoms with Gasteiger partial charge in [-0.15, -0.1) is 5.01 Å². The smallest absolute Gasteiger partial charge is 0.439 e. The van der Waals surface area contributed by atoms with Crippen molar-refractivity contribution in [3.63, 3.8) is 0 Å². The van der Waals surface area contributed by atoms with Gasteiger partial charge in [-0.2, -0.15) is 0 Å². The molecule has 0 N–H and O–H groups in total. The monoisotopic (exact) mass is 699 g/mol. The number of amides is 5. The molecule has 0 fully saturated rings. The summed E-state index contributed by atoms with van der Waals surface area (Å²) >= 11 is 0. The molecule has 0 unspecified atom stereocenters. The van der Waals surface area contributed by atoms with Gasteiger partial charge >= 0.3 is 30.3 Å². The minimum atomic E-state index is -2.16. The molecule has 50 heavy (non-hydrogen) atoms. The fraction of sp³-hybridized carbons (Fsp3) is 0.500. The highest BCUT2D eigenvalue weighted by atomic mass is 16.6. The van der Waals surface area contributed by atoms with Crippen molar-refractivity contribution in [2.75, 3.05) is 6.54 Å². The van der Waals surface area contributed by atoms with Crippen LogP contribution in [0.25, 0.3) is 0 Å². The van der Waals surface area contributed by atoms with Crippen molar-refractivity contribution in [3.05, 3.63) is 71.8 Å². The molecule has 2 aromatic rings. The molecular formula is C36H49N3O11. The highest BCUT2D eigenvalue weighted by Crippen LogP contribution is 2.26. The molecule has 0 aliphatic carbocycles. The summed E-state index contributed by atoms with van der Waals surface area (Å²) in [6.07, 6.45) is -5.32. The van der Waals surface area contributed by atoms with Crippen LogP contribution in [0.15, 0.2) is 60.7 Å². The summed E-state index contributed by atoms with van der Waals surface area (Å²) in [5.74, 6) is -2.33. The summed E-state index contributed by atoms with van der Waals surface area (Å²) in [7, 11) is 0. The molecule has 274 valence electrons. The predicted octanol–water partition coefficient (Wildman–Crippen LogP) is 7.00. The topological polar surface area (TPSA) is 158 Å². The number of carbonyl (C=O) groups excluding carboxylic acids is 6. The summed E-state index contributed by atoms with van der Waals surface area (Å²) < 4.78 is 27.2. The molecule has 2 aromatic carbocycles. The van der Waals surface area contributed by atoms with E-state index in [4.69, 9.17) is 23.7 Å². The number of hydrazine groups is 1. The Labute approximate surface area is 293 Å². The lowest BCUT2D eigenvalue weighted by atomic mass is 10.0. The van der Waals surface area contributed by atoms with Crippen molar-refractivity contribution in [2.24, 2.45) is 0 Å². The van der Waals surface area contributed by atoms with Crippen LogP contribution in [0, 0.1) is 0 Å². The first-order chi connectivity index (χ1) is 22.9. The summed E-state index contributed by atoms with van der Waals surface area (Å²) in [5, 5.41) is 0.662. The van der Waals surface area contributed by atoms with E-state index in [0.29, 0.717) is 21.0 Å². The van der Waals surface area contributed by atoms with E-state index in [1.165, 1.54) is 55.4 Å². The highest BCUT2D eigenvalue weighted by molar-refractivity contribution is 5.98. The summed E-state index contributed by atoms with van der Waals surface area (Å²) in [6.45, 7) is 14.6. The molecule has 0 aromatic heterocycles. The first kappa shape index (κ1) is 41.0. The molecule has 14 heteroatoms. The van der Waals surface area contributed by atoms with Gasteiger partial charge in [-0.3, -0.25) is 4.79 Å². The quantitative estimate of drug-likeness (QED) is 0.159. The Kier molecular flexibility index (Phi) is 13.5. The minimum Gasteiger partial charge on any atom is -0.459 e. The standard InChI is InChI=1S/C36H49N3O11/c1-33(2,3)48-30(43)37(29(42)47-24-26-20-16-13-17-21-26)22-27(40)39(36(10,11)28(41)46-23-25-18-14-12-15-19-25)38(31(44)49-34(4,5)6)32(45)50-35(7,8)9/h12-21H,22-24H2,1-11H3. The van der Waals surface area contributed by atoms with Gasteiger partial charge in [0.2, 0.25) is 0 Å². The van der Waals surface area contributed by atoms with Crippen LogP contribution in [-0.4, -0.2) is 80.1 Å². The van der Waals surface area contributed by atoms with Crippen LogP contribution in [0.1, 0.15) is 87.3 Å². The lowest BCUT2D eigenvalue weighted by molar-refractivity contribution is -0.179. The lowest BCUT2D eigenvalue weighted by Gasteiger charge is -2.42. The molecule has 0 saturated carbocycles.